The van der Waals surface area contributed by atoms with Crippen LogP contribution < -0.4 is 4.74 Å². The van der Waals surface area contributed by atoms with E-state index in [0.717, 1.165) is 51.6 Å². The molecule has 0 spiro atoms. The molecule has 12 heteroatoms. The zero-order chi connectivity index (χ0) is 34.6. The van der Waals surface area contributed by atoms with Crippen LogP contribution >= 0.6 is 11.3 Å². The number of nitrogens with zero attached hydrogens (tertiary/aromatic N) is 6. The summed E-state index contributed by atoms with van der Waals surface area (Å²) in [5.74, 6) is -1.66. The largest absolute Gasteiger partial charge is 0.490 e. The summed E-state index contributed by atoms with van der Waals surface area (Å²) in [6, 6.07) is 7.83. The molecule has 0 radical (unpaired) electrons. The van der Waals surface area contributed by atoms with Gasteiger partial charge in [0.15, 0.2) is 0 Å². The molecule has 4 aromatic heterocycles. The van der Waals surface area contributed by atoms with Crippen LogP contribution in [0.15, 0.2) is 54.6 Å². The van der Waals surface area contributed by atoms with E-state index in [1.54, 1.807) is 4.90 Å². The number of carbonyl (C=O) groups is 1. The number of thiophene rings is 1. The maximum Gasteiger partial charge on any atom is 0.246 e. The average Bonchev–Trinajstić information content (AvgIpc) is 3.76. The number of hydrogen-bond donors (Lipinski definition) is 0. The molecule has 0 saturated heterocycles. The molecule has 5 aromatic rings. The van der Waals surface area contributed by atoms with Gasteiger partial charge < -0.3 is 14.4 Å². The Balaban J connectivity index is 1.50. The number of amides is 1. The Labute approximate surface area is 287 Å². The van der Waals surface area contributed by atoms with Gasteiger partial charge in [0.25, 0.3) is 0 Å². The second-order valence-corrected chi connectivity index (χ2v) is 13.7. The number of likely N-dealkylation sites (N-methyl/N-ethyl adjacent to an activating group) is 1. The molecular weight excluding hydrogens is 647 g/mol. The molecule has 0 aliphatic carbocycles. The Kier molecular flexibility index (Phi) is 8.80. The van der Waals surface area contributed by atoms with Gasteiger partial charge in [-0.2, -0.15) is 5.10 Å². The molecule has 254 valence electrons. The number of pyridine rings is 2. The topological polar surface area (TPSA) is 85.6 Å². The summed E-state index contributed by atoms with van der Waals surface area (Å²) < 4.78 is 44.7. The van der Waals surface area contributed by atoms with Crippen LogP contribution in [-0.2, 0) is 16.0 Å². The Hall–Kier alpha value is -4.52. The Morgan fingerprint density at radius 3 is 2.69 bits per heavy atom. The summed E-state index contributed by atoms with van der Waals surface area (Å²) >= 11 is 1.44. The highest BCUT2D eigenvalue weighted by Gasteiger charge is 2.34. The van der Waals surface area contributed by atoms with Crippen LogP contribution in [0.4, 0.5) is 8.78 Å². The predicted octanol–water partition coefficient (Wildman–Crippen LogP) is 7.39. The first kappa shape index (κ1) is 33.0. The molecule has 7 rings (SSSR count). The molecule has 0 N–H and O–H groups in total. The maximum atomic E-state index is 16.2. The van der Waals surface area contributed by atoms with Crippen molar-refractivity contribution in [3.8, 4) is 39.5 Å². The number of ether oxygens (including phenoxy) is 2. The van der Waals surface area contributed by atoms with Crippen molar-refractivity contribution in [1.29, 1.82) is 0 Å². The van der Waals surface area contributed by atoms with E-state index >= 15 is 4.39 Å². The second-order valence-electron chi connectivity index (χ2n) is 12.7. The van der Waals surface area contributed by atoms with Crippen LogP contribution in [0, 0.1) is 11.6 Å². The van der Waals surface area contributed by atoms with Gasteiger partial charge in [-0.1, -0.05) is 6.58 Å². The van der Waals surface area contributed by atoms with Gasteiger partial charge in [-0.3, -0.25) is 19.4 Å². The molecule has 2 aliphatic rings. The van der Waals surface area contributed by atoms with Crippen LogP contribution in [0.25, 0.3) is 43.9 Å². The third-order valence-corrected chi connectivity index (χ3v) is 10.7. The number of fused-ring (bicyclic) bond motifs is 3. The number of hydrogen-bond acceptors (Lipinski definition) is 8. The van der Waals surface area contributed by atoms with E-state index < -0.39 is 11.6 Å². The van der Waals surface area contributed by atoms with E-state index in [1.165, 1.54) is 30.6 Å². The van der Waals surface area contributed by atoms with E-state index in [1.807, 2.05) is 42.2 Å². The Morgan fingerprint density at radius 2 is 1.92 bits per heavy atom. The van der Waals surface area contributed by atoms with Crippen molar-refractivity contribution in [3.63, 3.8) is 0 Å². The summed E-state index contributed by atoms with van der Waals surface area (Å²) in [5, 5.41) is 7.80. The molecule has 1 aromatic carbocycles. The quantitative estimate of drug-likeness (QED) is 0.125. The van der Waals surface area contributed by atoms with Crippen molar-refractivity contribution in [2.24, 2.45) is 0 Å². The highest BCUT2D eigenvalue weighted by atomic mass is 32.1. The standard InChI is InChI=1S/C37H38F2N6O3S/c1-7-32(46)44-19-20(2)45-30(22(44)4)17-29(42-45)36-34(33-27(39)15-24(38)16-31(33)48-12-11-47-6)37-25(9-13-49-37)35(41-36)23-14-26-21(3)43(5)10-8-28(26)40-18-23/h7,9,13-18,20-22H,1,8,10-12,19H2,2-6H3/t20-,21-,22+/m0/s1. The summed E-state index contributed by atoms with van der Waals surface area (Å²) in [5.41, 5.74) is 6.01. The van der Waals surface area contributed by atoms with Gasteiger partial charge in [0.2, 0.25) is 5.91 Å². The normalized spacial score (nSPS) is 19.2. The maximum absolute atomic E-state index is 16.2. The van der Waals surface area contributed by atoms with Gasteiger partial charge in [0, 0.05) is 77.9 Å². The first-order chi connectivity index (χ1) is 23.6. The molecular formula is C37H38F2N6O3S. The molecule has 0 saturated carbocycles. The molecule has 1 amide bonds. The minimum atomic E-state index is -0.779. The van der Waals surface area contributed by atoms with Crippen LogP contribution in [0.5, 0.6) is 5.75 Å². The van der Waals surface area contributed by atoms with Crippen molar-refractivity contribution in [1.82, 2.24) is 29.5 Å². The van der Waals surface area contributed by atoms with Gasteiger partial charge in [0.05, 0.1) is 35.6 Å². The number of aromatic nitrogens is 4. The zero-order valence-electron chi connectivity index (χ0n) is 28.2. The molecule has 0 unspecified atom stereocenters. The lowest BCUT2D eigenvalue weighted by atomic mass is 9.94. The van der Waals surface area contributed by atoms with E-state index in [-0.39, 0.29) is 48.6 Å². The lowest BCUT2D eigenvalue weighted by molar-refractivity contribution is -0.129. The minimum Gasteiger partial charge on any atom is -0.490 e. The Bertz CT molecular complexity index is 2090. The fourth-order valence-corrected chi connectivity index (χ4v) is 7.94. The molecule has 3 atom stereocenters. The van der Waals surface area contributed by atoms with E-state index in [4.69, 9.17) is 24.5 Å². The molecule has 0 fully saturated rings. The number of rotatable bonds is 8. The van der Waals surface area contributed by atoms with Crippen molar-refractivity contribution >= 4 is 27.3 Å². The van der Waals surface area contributed by atoms with Gasteiger partial charge in [0.1, 0.15) is 35.4 Å². The van der Waals surface area contributed by atoms with Gasteiger partial charge in [-0.05, 0) is 63.0 Å². The summed E-state index contributed by atoms with van der Waals surface area (Å²) in [6.07, 6.45) is 4.04. The molecule has 6 heterocycles. The third kappa shape index (κ3) is 5.71. The highest BCUT2D eigenvalue weighted by molar-refractivity contribution is 7.18. The number of benzene rings is 1. The van der Waals surface area contributed by atoms with E-state index in [2.05, 4.69) is 31.5 Å². The van der Waals surface area contributed by atoms with Crippen molar-refractivity contribution < 1.29 is 23.0 Å². The van der Waals surface area contributed by atoms with Crippen LogP contribution in [0.3, 0.4) is 0 Å². The predicted molar refractivity (Wildman–Crippen MR) is 187 cm³/mol. The fraction of sp³-hybridized carbons (Fsp3) is 0.351. The first-order valence-corrected chi connectivity index (χ1v) is 17.2. The molecule has 0 bridgehead atoms. The average molecular weight is 685 g/mol. The van der Waals surface area contributed by atoms with Crippen LogP contribution in [0.2, 0.25) is 0 Å². The summed E-state index contributed by atoms with van der Waals surface area (Å²) in [7, 11) is 3.64. The highest BCUT2D eigenvalue weighted by Crippen LogP contribution is 2.48. The minimum absolute atomic E-state index is 0.0424. The SMILES string of the molecule is C=CC(=O)N1C[C@H](C)n2nc(-c3nc(-c4cnc5c(c4)[C@H](C)N(C)CC5)c4ccsc4c3-c3c(F)cc(F)cc3OCCOC)cc2[C@H]1C. The Morgan fingerprint density at radius 1 is 1.10 bits per heavy atom. The lowest BCUT2D eigenvalue weighted by Gasteiger charge is -2.36. The fourth-order valence-electron chi connectivity index (χ4n) is 6.99. The molecule has 49 heavy (non-hydrogen) atoms. The second kappa shape index (κ2) is 13.1. The first-order valence-electron chi connectivity index (χ1n) is 16.4. The summed E-state index contributed by atoms with van der Waals surface area (Å²) in [6.45, 7) is 11.5. The number of carbonyl (C=O) groups excluding carboxylic acids is 1. The van der Waals surface area contributed by atoms with Gasteiger partial charge in [-0.25, -0.2) is 13.8 Å². The molecule has 9 nitrogen and oxygen atoms in total. The van der Waals surface area contributed by atoms with Gasteiger partial charge in [-0.15, -0.1) is 11.3 Å². The molecule has 2 aliphatic heterocycles. The van der Waals surface area contributed by atoms with Gasteiger partial charge >= 0.3 is 0 Å². The van der Waals surface area contributed by atoms with E-state index in [0.29, 0.717) is 29.2 Å². The monoisotopic (exact) mass is 684 g/mol. The number of methoxy groups -OCH3 is 1. The van der Waals surface area contributed by atoms with Crippen molar-refractivity contribution in [2.45, 2.75) is 45.3 Å². The third-order valence-electron chi connectivity index (χ3n) is 9.75. The van der Waals surface area contributed by atoms with Crippen LogP contribution in [0.1, 0.15) is 55.8 Å². The zero-order valence-corrected chi connectivity index (χ0v) is 29.0. The van der Waals surface area contributed by atoms with E-state index in [9.17, 15) is 9.18 Å². The lowest BCUT2D eigenvalue weighted by Crippen LogP contribution is -2.42. The van der Waals surface area contributed by atoms with Crippen LogP contribution in [-0.4, -0.2) is 75.9 Å². The smallest absolute Gasteiger partial charge is 0.246 e. The number of halogens is 2. The summed E-state index contributed by atoms with van der Waals surface area (Å²) in [4.78, 5) is 27.0. The van der Waals surface area contributed by atoms with Crippen molar-refractivity contribution in [2.75, 3.05) is 40.5 Å². The van der Waals surface area contributed by atoms with Crippen molar-refractivity contribution in [3.05, 3.63) is 83.1 Å².